The molecule has 0 radical (unpaired) electrons. The molecule has 106 valence electrons. The monoisotopic (exact) mass is 406 g/mol. The van der Waals surface area contributed by atoms with Crippen LogP contribution in [0.25, 0.3) is 0 Å². The van der Waals surface area contributed by atoms with E-state index in [2.05, 4.69) is 38.8 Å². The Morgan fingerprint density at radius 3 is 2.53 bits per heavy atom. The van der Waals surface area contributed by atoms with Gasteiger partial charge in [0.15, 0.2) is 5.78 Å². The van der Waals surface area contributed by atoms with Crippen molar-refractivity contribution in [1.82, 2.24) is 0 Å². The Balaban J connectivity index is 1.91. The van der Waals surface area contributed by atoms with Crippen LogP contribution in [0.5, 0.6) is 0 Å². The molecule has 0 aromatic carbocycles. The summed E-state index contributed by atoms with van der Waals surface area (Å²) in [6, 6.07) is 1.96. The molecule has 1 saturated carbocycles. The average Bonchev–Trinajstić information content (AvgIpc) is 2.75. The van der Waals surface area contributed by atoms with Gasteiger partial charge in [-0.25, -0.2) is 0 Å². The number of carbonyl (C=O) groups excluding carboxylic acids is 1. The topological polar surface area (TPSA) is 17.1 Å². The first kappa shape index (κ1) is 15.7. The van der Waals surface area contributed by atoms with Gasteiger partial charge < -0.3 is 0 Å². The Morgan fingerprint density at radius 1 is 1.32 bits per heavy atom. The number of ketones is 1. The number of hydrogen-bond acceptors (Lipinski definition) is 2. The maximum absolute atomic E-state index is 12.5. The lowest BCUT2D eigenvalue weighted by Gasteiger charge is -2.27. The fourth-order valence-corrected chi connectivity index (χ4v) is 5.75. The minimum atomic E-state index is 0.246. The van der Waals surface area contributed by atoms with Crippen LogP contribution in [-0.2, 0) is 0 Å². The molecule has 0 spiro atoms. The maximum atomic E-state index is 12.5. The lowest BCUT2D eigenvalue weighted by atomic mass is 9.77. The molecule has 0 N–H and O–H groups in total. The summed E-state index contributed by atoms with van der Waals surface area (Å²) >= 11 is 8.53. The van der Waals surface area contributed by atoms with Crippen molar-refractivity contribution >= 4 is 49.0 Å². The summed E-state index contributed by atoms with van der Waals surface area (Å²) in [6.07, 6.45) is 8.60. The Bertz CT molecular complexity index is 433. The summed E-state index contributed by atoms with van der Waals surface area (Å²) < 4.78 is 2.00. The van der Waals surface area contributed by atoms with Crippen LogP contribution in [0.2, 0.25) is 0 Å². The molecular formula is C15H20Br2OS. The first-order chi connectivity index (χ1) is 9.11. The number of halogens is 2. The Hall–Kier alpha value is 0.330. The first-order valence-corrected chi connectivity index (χ1v) is 9.51. The summed E-state index contributed by atoms with van der Waals surface area (Å²) in [5.41, 5.74) is 0.869. The quantitative estimate of drug-likeness (QED) is 0.512. The van der Waals surface area contributed by atoms with E-state index in [-0.39, 0.29) is 5.92 Å². The molecule has 0 aliphatic heterocycles. The van der Waals surface area contributed by atoms with Gasteiger partial charge in [0, 0.05) is 11.5 Å². The lowest BCUT2D eigenvalue weighted by molar-refractivity contribution is 0.0869. The van der Waals surface area contributed by atoms with Gasteiger partial charge in [-0.2, -0.15) is 0 Å². The molecule has 0 bridgehead atoms. The highest BCUT2D eigenvalue weighted by Crippen LogP contribution is 2.38. The van der Waals surface area contributed by atoms with E-state index in [9.17, 15) is 4.79 Å². The van der Waals surface area contributed by atoms with Crippen molar-refractivity contribution in [3.05, 3.63) is 19.2 Å². The minimum absolute atomic E-state index is 0.246. The number of Topliss-reactive ketones (excluding diaryl/α,β-unsaturated/α-hetero) is 1. The zero-order valence-electron chi connectivity index (χ0n) is 11.3. The van der Waals surface area contributed by atoms with Crippen molar-refractivity contribution in [2.24, 2.45) is 11.8 Å². The van der Waals surface area contributed by atoms with Gasteiger partial charge in [-0.15, -0.1) is 11.3 Å². The molecule has 0 saturated heterocycles. The van der Waals surface area contributed by atoms with E-state index in [0.29, 0.717) is 5.78 Å². The number of carbonyl (C=O) groups is 1. The van der Waals surface area contributed by atoms with Crippen molar-refractivity contribution in [3.63, 3.8) is 0 Å². The highest BCUT2D eigenvalue weighted by molar-refractivity contribution is 9.12. The summed E-state index contributed by atoms with van der Waals surface area (Å²) in [7, 11) is 0. The fourth-order valence-electron chi connectivity index (χ4n) is 2.93. The van der Waals surface area contributed by atoms with Gasteiger partial charge in [0.1, 0.15) is 0 Å². The molecule has 1 aliphatic carbocycles. The molecule has 1 aromatic heterocycles. The second-order valence-electron chi connectivity index (χ2n) is 5.46. The van der Waals surface area contributed by atoms with Gasteiger partial charge in [0.05, 0.1) is 7.57 Å². The van der Waals surface area contributed by atoms with Crippen molar-refractivity contribution in [3.8, 4) is 0 Å². The second-order valence-corrected chi connectivity index (χ2v) is 9.21. The van der Waals surface area contributed by atoms with E-state index < -0.39 is 0 Å². The molecule has 2 rings (SSSR count). The molecule has 1 fully saturated rings. The molecule has 19 heavy (non-hydrogen) atoms. The molecule has 1 nitrogen and oxygen atoms in total. The lowest BCUT2D eigenvalue weighted by Crippen LogP contribution is -2.22. The van der Waals surface area contributed by atoms with Crippen LogP contribution in [-0.4, -0.2) is 5.78 Å². The van der Waals surface area contributed by atoms with Gasteiger partial charge in [-0.05, 0) is 69.5 Å². The smallest absolute Gasteiger partial charge is 0.167 e. The summed E-state index contributed by atoms with van der Waals surface area (Å²) in [4.78, 5) is 12.5. The van der Waals surface area contributed by atoms with Crippen molar-refractivity contribution in [1.29, 1.82) is 0 Å². The number of rotatable bonds is 5. The summed E-state index contributed by atoms with van der Waals surface area (Å²) in [5, 5.41) is 0. The molecule has 1 aromatic rings. The minimum Gasteiger partial charge on any atom is -0.294 e. The highest BCUT2D eigenvalue weighted by Gasteiger charge is 2.28. The third-order valence-corrected chi connectivity index (χ3v) is 6.44. The van der Waals surface area contributed by atoms with Crippen LogP contribution >= 0.6 is 43.2 Å². The molecule has 0 atom stereocenters. The van der Waals surface area contributed by atoms with E-state index in [0.717, 1.165) is 31.9 Å². The van der Waals surface area contributed by atoms with E-state index in [1.807, 2.05) is 6.07 Å². The van der Waals surface area contributed by atoms with Gasteiger partial charge in [-0.1, -0.05) is 26.2 Å². The summed E-state index contributed by atoms with van der Waals surface area (Å²) in [5.74, 6) is 1.44. The van der Waals surface area contributed by atoms with E-state index in [4.69, 9.17) is 0 Å². The molecular weight excluding hydrogens is 388 g/mol. The number of unbranched alkanes of at least 4 members (excludes halogenated alkanes) is 1. The zero-order valence-corrected chi connectivity index (χ0v) is 15.2. The normalized spacial score (nSPS) is 23.5. The van der Waals surface area contributed by atoms with Gasteiger partial charge in [0.2, 0.25) is 0 Å². The van der Waals surface area contributed by atoms with Crippen molar-refractivity contribution < 1.29 is 4.79 Å². The predicted octanol–water partition coefficient (Wildman–Crippen LogP) is 6.45. The second kappa shape index (κ2) is 7.37. The molecule has 0 amide bonds. The Morgan fingerprint density at radius 2 is 2.00 bits per heavy atom. The third kappa shape index (κ3) is 4.15. The van der Waals surface area contributed by atoms with Gasteiger partial charge in [0.25, 0.3) is 0 Å². The Kier molecular flexibility index (Phi) is 6.10. The van der Waals surface area contributed by atoms with E-state index in [1.54, 1.807) is 11.3 Å². The van der Waals surface area contributed by atoms with Gasteiger partial charge in [-0.3, -0.25) is 4.79 Å². The van der Waals surface area contributed by atoms with E-state index in [1.165, 1.54) is 32.1 Å². The largest absolute Gasteiger partial charge is 0.294 e. The first-order valence-electron chi connectivity index (χ1n) is 7.10. The maximum Gasteiger partial charge on any atom is 0.167 e. The van der Waals surface area contributed by atoms with Crippen LogP contribution in [0.4, 0.5) is 0 Å². The Labute approximate surface area is 136 Å². The highest BCUT2D eigenvalue weighted by atomic mass is 79.9. The van der Waals surface area contributed by atoms with Crippen molar-refractivity contribution in [2.75, 3.05) is 0 Å². The SMILES string of the molecule is CCCCC1CCC(C(=O)c2cc(Br)sc2Br)CC1. The van der Waals surface area contributed by atoms with Crippen LogP contribution in [0, 0.1) is 11.8 Å². The van der Waals surface area contributed by atoms with Crippen LogP contribution < -0.4 is 0 Å². The van der Waals surface area contributed by atoms with Gasteiger partial charge >= 0.3 is 0 Å². The third-order valence-electron chi connectivity index (χ3n) is 4.11. The molecule has 1 heterocycles. The van der Waals surface area contributed by atoms with E-state index >= 15 is 0 Å². The zero-order chi connectivity index (χ0) is 13.8. The molecule has 1 aliphatic rings. The molecule has 0 unspecified atom stereocenters. The average molecular weight is 408 g/mol. The van der Waals surface area contributed by atoms with Crippen LogP contribution in [0.3, 0.4) is 0 Å². The van der Waals surface area contributed by atoms with Crippen LogP contribution in [0.15, 0.2) is 13.6 Å². The fraction of sp³-hybridized carbons (Fsp3) is 0.667. The number of thiophene rings is 1. The van der Waals surface area contributed by atoms with Crippen LogP contribution in [0.1, 0.15) is 62.2 Å². The summed E-state index contributed by atoms with van der Waals surface area (Å²) in [6.45, 7) is 2.25. The molecule has 4 heteroatoms. The number of hydrogen-bond donors (Lipinski definition) is 0. The van der Waals surface area contributed by atoms with Crippen molar-refractivity contribution in [2.45, 2.75) is 51.9 Å². The standard InChI is InChI=1S/C15H20Br2OS/c1-2-3-4-10-5-7-11(8-6-10)14(18)12-9-13(16)19-15(12)17/h9-11H,2-8H2,1H3. The predicted molar refractivity (Wildman–Crippen MR) is 89.0 cm³/mol.